The lowest BCUT2D eigenvalue weighted by Gasteiger charge is -2.16. The van der Waals surface area contributed by atoms with Gasteiger partial charge in [0, 0.05) is 6.04 Å². The molecule has 2 rings (SSSR count). The lowest BCUT2D eigenvalue weighted by atomic mass is 10.1. The Morgan fingerprint density at radius 1 is 1.53 bits per heavy atom. The van der Waals surface area contributed by atoms with Gasteiger partial charge in [-0.3, -0.25) is 0 Å². The van der Waals surface area contributed by atoms with Crippen LogP contribution in [0.5, 0.6) is 0 Å². The quantitative estimate of drug-likeness (QED) is 0.879. The van der Waals surface area contributed by atoms with Crippen molar-refractivity contribution < 1.29 is 13.5 Å². The minimum atomic E-state index is -3.41. The van der Waals surface area contributed by atoms with Gasteiger partial charge in [0.15, 0.2) is 0 Å². The zero-order chi connectivity index (χ0) is 12.5. The number of rotatable bonds is 4. The predicted molar refractivity (Wildman–Crippen MR) is 67.4 cm³/mol. The van der Waals surface area contributed by atoms with Gasteiger partial charge in [-0.15, -0.1) is 11.3 Å². The fourth-order valence-electron chi connectivity index (χ4n) is 2.15. The summed E-state index contributed by atoms with van der Waals surface area (Å²) in [5, 5.41) is 10.6. The molecule has 0 aliphatic heterocycles. The summed E-state index contributed by atoms with van der Waals surface area (Å²) in [6.45, 7) is 1.96. The second-order valence-corrected chi connectivity index (χ2v) is 7.42. The van der Waals surface area contributed by atoms with Gasteiger partial charge >= 0.3 is 0 Å². The van der Waals surface area contributed by atoms with Crippen LogP contribution in [0.4, 0.5) is 0 Å². The minimum Gasteiger partial charge on any atom is -0.392 e. The summed E-state index contributed by atoms with van der Waals surface area (Å²) in [5.74, 6) is 0.405. The molecule has 1 aromatic rings. The number of hydrogen-bond acceptors (Lipinski definition) is 4. The van der Waals surface area contributed by atoms with Gasteiger partial charge in [0.2, 0.25) is 10.0 Å². The van der Waals surface area contributed by atoms with Crippen LogP contribution in [0.1, 0.15) is 31.7 Å². The van der Waals surface area contributed by atoms with Crippen LogP contribution in [0.2, 0.25) is 0 Å². The molecular formula is C11H17NO3S2. The van der Waals surface area contributed by atoms with Crippen molar-refractivity contribution in [3.8, 4) is 0 Å². The Morgan fingerprint density at radius 3 is 2.82 bits per heavy atom. The maximum Gasteiger partial charge on any atom is 0.250 e. The van der Waals surface area contributed by atoms with E-state index in [9.17, 15) is 8.42 Å². The van der Waals surface area contributed by atoms with E-state index < -0.39 is 10.0 Å². The van der Waals surface area contributed by atoms with E-state index in [-0.39, 0.29) is 12.6 Å². The summed E-state index contributed by atoms with van der Waals surface area (Å²) in [5.41, 5.74) is 0.648. The summed E-state index contributed by atoms with van der Waals surface area (Å²) in [6.07, 6.45) is 3.08. The molecule has 96 valence electrons. The number of aliphatic hydroxyl groups is 1. The first-order chi connectivity index (χ1) is 8.03. The van der Waals surface area contributed by atoms with Gasteiger partial charge < -0.3 is 5.11 Å². The molecule has 17 heavy (non-hydrogen) atoms. The van der Waals surface area contributed by atoms with Crippen LogP contribution >= 0.6 is 11.3 Å². The third-order valence-electron chi connectivity index (χ3n) is 3.25. The maximum atomic E-state index is 12.1. The van der Waals surface area contributed by atoms with Gasteiger partial charge in [0.25, 0.3) is 0 Å². The maximum absolute atomic E-state index is 12.1. The molecule has 1 aromatic heterocycles. The molecule has 1 aliphatic rings. The molecule has 0 bridgehead atoms. The van der Waals surface area contributed by atoms with E-state index in [2.05, 4.69) is 11.6 Å². The molecule has 1 saturated carbocycles. The van der Waals surface area contributed by atoms with Gasteiger partial charge in [-0.2, -0.15) is 0 Å². The first kappa shape index (κ1) is 13.0. The summed E-state index contributed by atoms with van der Waals surface area (Å²) in [7, 11) is -3.41. The van der Waals surface area contributed by atoms with Gasteiger partial charge in [-0.1, -0.05) is 13.3 Å². The van der Waals surface area contributed by atoms with E-state index in [1.807, 2.05) is 0 Å². The van der Waals surface area contributed by atoms with E-state index in [0.29, 0.717) is 15.7 Å². The predicted octanol–water partition coefficient (Wildman–Crippen LogP) is 1.71. The Hall–Kier alpha value is -0.430. The minimum absolute atomic E-state index is 0.0553. The molecule has 1 heterocycles. The lowest BCUT2D eigenvalue weighted by molar-refractivity contribution is 0.282. The Kier molecular flexibility index (Phi) is 3.87. The normalized spacial score (nSPS) is 25.3. The third-order valence-corrected chi connectivity index (χ3v) is 6.22. The van der Waals surface area contributed by atoms with Crippen molar-refractivity contribution in [1.82, 2.24) is 4.72 Å². The standard InChI is InChI=1S/C11H17NO3S2/c1-8-3-2-4-10(8)12-17(14,15)11-5-9(6-13)7-16-11/h5,7-8,10,12-13H,2-4,6H2,1H3. The second-order valence-electron chi connectivity index (χ2n) is 4.57. The van der Waals surface area contributed by atoms with Gasteiger partial charge in [-0.05, 0) is 35.8 Å². The Labute approximate surface area is 106 Å². The molecule has 0 aromatic carbocycles. The van der Waals surface area contributed by atoms with Crippen molar-refractivity contribution in [2.75, 3.05) is 0 Å². The Balaban J connectivity index is 2.13. The first-order valence-corrected chi connectivity index (χ1v) is 8.10. The fraction of sp³-hybridized carbons (Fsp3) is 0.636. The molecule has 6 heteroatoms. The highest BCUT2D eigenvalue weighted by molar-refractivity contribution is 7.91. The molecule has 0 amide bonds. The van der Waals surface area contributed by atoms with Crippen LogP contribution in [-0.4, -0.2) is 19.6 Å². The molecule has 2 atom stereocenters. The van der Waals surface area contributed by atoms with Crippen LogP contribution in [0.25, 0.3) is 0 Å². The largest absolute Gasteiger partial charge is 0.392 e. The van der Waals surface area contributed by atoms with Gasteiger partial charge in [0.05, 0.1) is 6.61 Å². The van der Waals surface area contributed by atoms with Crippen LogP contribution < -0.4 is 4.72 Å². The summed E-state index contributed by atoms with van der Waals surface area (Å²) >= 11 is 1.16. The number of aliphatic hydroxyl groups excluding tert-OH is 1. The van der Waals surface area contributed by atoms with Crippen molar-refractivity contribution in [3.63, 3.8) is 0 Å². The zero-order valence-electron chi connectivity index (χ0n) is 9.72. The highest BCUT2D eigenvalue weighted by atomic mass is 32.2. The molecule has 1 fully saturated rings. The van der Waals surface area contributed by atoms with Crippen molar-refractivity contribution in [2.24, 2.45) is 5.92 Å². The molecule has 1 aliphatic carbocycles. The van der Waals surface area contributed by atoms with Crippen molar-refractivity contribution in [3.05, 3.63) is 17.0 Å². The zero-order valence-corrected chi connectivity index (χ0v) is 11.4. The van der Waals surface area contributed by atoms with Crippen LogP contribution in [0.3, 0.4) is 0 Å². The van der Waals surface area contributed by atoms with E-state index in [4.69, 9.17) is 5.11 Å². The van der Waals surface area contributed by atoms with E-state index in [0.717, 1.165) is 30.6 Å². The van der Waals surface area contributed by atoms with E-state index in [1.54, 1.807) is 5.38 Å². The summed E-state index contributed by atoms with van der Waals surface area (Å²) in [4.78, 5) is 0. The lowest BCUT2D eigenvalue weighted by Crippen LogP contribution is -2.36. The number of nitrogens with one attached hydrogen (secondary N) is 1. The number of thiophene rings is 1. The SMILES string of the molecule is CC1CCCC1NS(=O)(=O)c1cc(CO)cs1. The van der Waals surface area contributed by atoms with Gasteiger partial charge in [0.1, 0.15) is 4.21 Å². The molecule has 0 spiro atoms. The second kappa shape index (κ2) is 5.06. The molecule has 2 N–H and O–H groups in total. The van der Waals surface area contributed by atoms with Crippen LogP contribution in [0.15, 0.2) is 15.7 Å². The van der Waals surface area contributed by atoms with Crippen LogP contribution in [0, 0.1) is 5.92 Å². The van der Waals surface area contributed by atoms with E-state index in [1.165, 1.54) is 6.07 Å². The topological polar surface area (TPSA) is 66.4 Å². The molecule has 4 nitrogen and oxygen atoms in total. The van der Waals surface area contributed by atoms with Gasteiger partial charge in [-0.25, -0.2) is 13.1 Å². The van der Waals surface area contributed by atoms with Crippen molar-refractivity contribution in [1.29, 1.82) is 0 Å². The molecule has 0 radical (unpaired) electrons. The molecule has 2 unspecified atom stereocenters. The highest BCUT2D eigenvalue weighted by Crippen LogP contribution is 2.27. The Bertz CT molecular complexity index is 481. The summed E-state index contributed by atoms with van der Waals surface area (Å²) in [6, 6.07) is 1.59. The van der Waals surface area contributed by atoms with E-state index >= 15 is 0 Å². The average Bonchev–Trinajstić information content (AvgIpc) is 2.88. The monoisotopic (exact) mass is 275 g/mol. The van der Waals surface area contributed by atoms with Crippen molar-refractivity contribution >= 4 is 21.4 Å². The summed E-state index contributed by atoms with van der Waals surface area (Å²) < 4.78 is 27.2. The first-order valence-electron chi connectivity index (χ1n) is 5.73. The molecular weight excluding hydrogens is 258 g/mol. The molecule has 0 saturated heterocycles. The average molecular weight is 275 g/mol. The third kappa shape index (κ3) is 2.88. The highest BCUT2D eigenvalue weighted by Gasteiger charge is 2.28. The van der Waals surface area contributed by atoms with Crippen LogP contribution in [-0.2, 0) is 16.6 Å². The Morgan fingerprint density at radius 2 is 2.29 bits per heavy atom. The smallest absolute Gasteiger partial charge is 0.250 e. The van der Waals surface area contributed by atoms with Crippen molar-refractivity contribution in [2.45, 2.75) is 43.0 Å². The number of sulfonamides is 1. The number of hydrogen-bond donors (Lipinski definition) is 2. The fourth-order valence-corrected chi connectivity index (χ4v) is 4.75.